The zero-order valence-electron chi connectivity index (χ0n) is 12.5. The van der Waals surface area contributed by atoms with Gasteiger partial charge in [-0.25, -0.2) is 0 Å². The first kappa shape index (κ1) is 14.7. The monoisotopic (exact) mass is 276 g/mol. The lowest BCUT2D eigenvalue weighted by Gasteiger charge is -2.19. The molecule has 0 radical (unpaired) electrons. The molecule has 1 saturated carbocycles. The van der Waals surface area contributed by atoms with Gasteiger partial charge in [0.15, 0.2) is 5.75 Å². The highest BCUT2D eigenvalue weighted by molar-refractivity contribution is 5.98. The summed E-state index contributed by atoms with van der Waals surface area (Å²) in [6, 6.07) is 5.54. The summed E-state index contributed by atoms with van der Waals surface area (Å²) in [7, 11) is 0. The molecule has 1 fully saturated rings. The molecule has 2 rings (SSSR count). The lowest BCUT2D eigenvalue weighted by atomic mass is 9.92. The maximum Gasteiger partial charge on any atom is 0.255 e. The highest BCUT2D eigenvalue weighted by Crippen LogP contribution is 2.37. The molecule has 4 nitrogen and oxygen atoms in total. The molecule has 0 bridgehead atoms. The molecular formula is C16H24N2O2. The molecule has 1 amide bonds. The van der Waals surface area contributed by atoms with Crippen LogP contribution in [0.25, 0.3) is 0 Å². The van der Waals surface area contributed by atoms with Gasteiger partial charge in [-0.1, -0.05) is 19.9 Å². The quantitative estimate of drug-likeness (QED) is 0.831. The third kappa shape index (κ3) is 3.24. The minimum Gasteiger partial charge on any atom is -0.491 e. The molecule has 1 aromatic carbocycles. The van der Waals surface area contributed by atoms with Crippen LogP contribution in [0.3, 0.4) is 0 Å². The van der Waals surface area contributed by atoms with Crippen LogP contribution < -0.4 is 15.8 Å². The molecule has 1 aliphatic carbocycles. The number of nitrogens with one attached hydrogen (secondary N) is 1. The zero-order chi connectivity index (χ0) is 14.8. The Balaban J connectivity index is 2.12. The van der Waals surface area contributed by atoms with Crippen LogP contribution in [-0.2, 0) is 0 Å². The highest BCUT2D eigenvalue weighted by atomic mass is 16.5. The number of carbonyl (C=O) groups is 1. The first-order valence-corrected chi connectivity index (χ1v) is 7.25. The van der Waals surface area contributed by atoms with E-state index in [1.807, 2.05) is 6.92 Å². The Morgan fingerprint density at radius 1 is 1.50 bits per heavy atom. The van der Waals surface area contributed by atoms with Gasteiger partial charge in [0.1, 0.15) is 0 Å². The van der Waals surface area contributed by atoms with E-state index in [1.165, 1.54) is 0 Å². The van der Waals surface area contributed by atoms with Crippen molar-refractivity contribution in [1.82, 2.24) is 5.32 Å². The molecule has 0 saturated heterocycles. The summed E-state index contributed by atoms with van der Waals surface area (Å²) in [5, 5.41) is 3.10. The van der Waals surface area contributed by atoms with E-state index in [2.05, 4.69) is 19.2 Å². The number of para-hydroxylation sites is 1. The van der Waals surface area contributed by atoms with Gasteiger partial charge in [0.05, 0.1) is 17.9 Å². The molecule has 0 heterocycles. The average molecular weight is 276 g/mol. The van der Waals surface area contributed by atoms with E-state index in [0.29, 0.717) is 29.0 Å². The third-order valence-electron chi connectivity index (χ3n) is 3.88. The lowest BCUT2D eigenvalue weighted by molar-refractivity contribution is 0.0932. The topological polar surface area (TPSA) is 64.3 Å². The van der Waals surface area contributed by atoms with Crippen LogP contribution >= 0.6 is 0 Å². The SMILES string of the molecule is CCOc1c(N)cccc1C(=O)NC1CCC(C)(C)C1. The fourth-order valence-electron chi connectivity index (χ4n) is 2.86. The normalized spacial score (nSPS) is 20.6. The number of benzene rings is 1. The maximum absolute atomic E-state index is 12.4. The number of rotatable bonds is 4. The summed E-state index contributed by atoms with van der Waals surface area (Å²) in [5.41, 5.74) is 7.24. The van der Waals surface area contributed by atoms with E-state index in [1.54, 1.807) is 18.2 Å². The molecule has 20 heavy (non-hydrogen) atoms. The molecule has 110 valence electrons. The Labute approximate surface area is 120 Å². The second kappa shape index (κ2) is 5.73. The number of nitrogen functional groups attached to an aromatic ring is 1. The van der Waals surface area contributed by atoms with E-state index >= 15 is 0 Å². The van der Waals surface area contributed by atoms with Crippen LogP contribution in [0.4, 0.5) is 5.69 Å². The molecule has 0 aromatic heterocycles. The molecule has 0 aliphatic heterocycles. The minimum atomic E-state index is -0.0940. The summed E-state index contributed by atoms with van der Waals surface area (Å²) in [5.74, 6) is 0.396. The number of anilines is 1. The summed E-state index contributed by atoms with van der Waals surface area (Å²) < 4.78 is 5.51. The van der Waals surface area contributed by atoms with E-state index in [0.717, 1.165) is 19.3 Å². The van der Waals surface area contributed by atoms with Crippen molar-refractivity contribution in [1.29, 1.82) is 0 Å². The lowest BCUT2D eigenvalue weighted by Crippen LogP contribution is -2.33. The standard InChI is InChI=1S/C16H24N2O2/c1-4-20-14-12(6-5-7-13(14)17)15(19)18-11-8-9-16(2,3)10-11/h5-7,11H,4,8-10,17H2,1-3H3,(H,18,19). The number of hydrogen-bond acceptors (Lipinski definition) is 3. The average Bonchev–Trinajstić information content (AvgIpc) is 2.71. The number of hydrogen-bond donors (Lipinski definition) is 2. The second-order valence-corrected chi connectivity index (χ2v) is 6.23. The van der Waals surface area contributed by atoms with Crippen molar-refractivity contribution in [2.24, 2.45) is 5.41 Å². The van der Waals surface area contributed by atoms with Crippen LogP contribution in [0.2, 0.25) is 0 Å². The molecule has 1 aliphatic rings. The first-order chi connectivity index (χ1) is 9.43. The largest absolute Gasteiger partial charge is 0.491 e. The highest BCUT2D eigenvalue weighted by Gasteiger charge is 2.32. The zero-order valence-corrected chi connectivity index (χ0v) is 12.5. The molecule has 0 spiro atoms. The van der Waals surface area contributed by atoms with Gasteiger partial charge < -0.3 is 15.8 Å². The number of ether oxygens (including phenoxy) is 1. The third-order valence-corrected chi connectivity index (χ3v) is 3.88. The Morgan fingerprint density at radius 3 is 2.85 bits per heavy atom. The van der Waals surface area contributed by atoms with E-state index in [4.69, 9.17) is 10.5 Å². The van der Waals surface area contributed by atoms with Crippen LogP contribution in [0.5, 0.6) is 5.75 Å². The fourth-order valence-corrected chi connectivity index (χ4v) is 2.86. The molecule has 1 unspecified atom stereocenters. The van der Waals surface area contributed by atoms with Gasteiger partial charge in [-0.15, -0.1) is 0 Å². The van der Waals surface area contributed by atoms with E-state index in [-0.39, 0.29) is 11.9 Å². The van der Waals surface area contributed by atoms with Gasteiger partial charge in [-0.2, -0.15) is 0 Å². The Bertz CT molecular complexity index is 497. The number of amides is 1. The summed E-state index contributed by atoms with van der Waals surface area (Å²) >= 11 is 0. The minimum absolute atomic E-state index is 0.0940. The van der Waals surface area contributed by atoms with Crippen molar-refractivity contribution in [3.63, 3.8) is 0 Å². The molecule has 1 atom stereocenters. The summed E-state index contributed by atoms with van der Waals surface area (Å²) in [4.78, 5) is 12.4. The number of carbonyl (C=O) groups excluding carboxylic acids is 1. The van der Waals surface area contributed by atoms with Crippen molar-refractivity contribution >= 4 is 11.6 Å². The van der Waals surface area contributed by atoms with Crippen molar-refractivity contribution in [2.45, 2.75) is 46.1 Å². The van der Waals surface area contributed by atoms with Gasteiger partial charge in [-0.3, -0.25) is 4.79 Å². The Hall–Kier alpha value is -1.71. The predicted octanol–water partition coefficient (Wildman–Crippen LogP) is 2.98. The Kier molecular flexibility index (Phi) is 4.21. The van der Waals surface area contributed by atoms with Crippen LogP contribution in [0.15, 0.2) is 18.2 Å². The van der Waals surface area contributed by atoms with Crippen molar-refractivity contribution in [3.8, 4) is 5.75 Å². The Morgan fingerprint density at radius 2 is 2.25 bits per heavy atom. The molecular weight excluding hydrogens is 252 g/mol. The first-order valence-electron chi connectivity index (χ1n) is 7.25. The molecule has 3 N–H and O–H groups in total. The van der Waals surface area contributed by atoms with Crippen molar-refractivity contribution in [2.75, 3.05) is 12.3 Å². The van der Waals surface area contributed by atoms with Crippen LogP contribution in [0, 0.1) is 5.41 Å². The summed E-state index contributed by atoms with van der Waals surface area (Å²) in [6.45, 7) is 6.86. The van der Waals surface area contributed by atoms with Gasteiger partial charge in [-0.05, 0) is 43.7 Å². The van der Waals surface area contributed by atoms with Crippen LogP contribution in [-0.4, -0.2) is 18.6 Å². The van der Waals surface area contributed by atoms with Crippen LogP contribution in [0.1, 0.15) is 50.4 Å². The second-order valence-electron chi connectivity index (χ2n) is 6.23. The van der Waals surface area contributed by atoms with Gasteiger partial charge in [0.2, 0.25) is 0 Å². The maximum atomic E-state index is 12.4. The molecule has 1 aromatic rings. The van der Waals surface area contributed by atoms with Gasteiger partial charge >= 0.3 is 0 Å². The predicted molar refractivity (Wildman–Crippen MR) is 80.9 cm³/mol. The smallest absolute Gasteiger partial charge is 0.255 e. The van der Waals surface area contributed by atoms with Gasteiger partial charge in [0.25, 0.3) is 5.91 Å². The van der Waals surface area contributed by atoms with Crippen molar-refractivity contribution in [3.05, 3.63) is 23.8 Å². The fraction of sp³-hybridized carbons (Fsp3) is 0.562. The van der Waals surface area contributed by atoms with Gasteiger partial charge in [0, 0.05) is 6.04 Å². The van der Waals surface area contributed by atoms with E-state index in [9.17, 15) is 4.79 Å². The van der Waals surface area contributed by atoms with E-state index < -0.39 is 0 Å². The number of nitrogens with two attached hydrogens (primary N) is 1. The summed E-state index contributed by atoms with van der Waals surface area (Å²) in [6.07, 6.45) is 3.20. The molecule has 4 heteroatoms. The van der Waals surface area contributed by atoms with Crippen molar-refractivity contribution < 1.29 is 9.53 Å².